The van der Waals surface area contributed by atoms with Gasteiger partial charge in [0, 0.05) is 26.5 Å². The van der Waals surface area contributed by atoms with Gasteiger partial charge in [0.2, 0.25) is 0 Å². The first-order chi connectivity index (χ1) is 29.4. The molecule has 0 radical (unpaired) electrons. The maximum atomic E-state index is 8.71. The third kappa shape index (κ3) is 5.16. The SMILES string of the molecule is [2H]c1c([2H])c([2H])c(-c2ccc(-c3ccc(N(c4cccc5c4sc4c(-c6ccccc6)cccc45)c4cccc5oc6ccccc6c45)cc3)c3ccccc23)c([2H])c1[2H]. The van der Waals surface area contributed by atoms with E-state index in [1.54, 1.807) is 0 Å². The van der Waals surface area contributed by atoms with Gasteiger partial charge in [0.05, 0.1) is 28.3 Å². The molecule has 0 amide bonds. The van der Waals surface area contributed by atoms with Crippen molar-refractivity contribution < 1.29 is 11.3 Å². The number of para-hydroxylation sites is 1. The molecule has 11 aromatic rings. The van der Waals surface area contributed by atoms with E-state index >= 15 is 0 Å². The first kappa shape index (κ1) is 26.8. The molecule has 0 spiro atoms. The second kappa shape index (κ2) is 12.9. The van der Waals surface area contributed by atoms with Crippen LogP contribution in [0.15, 0.2) is 204 Å². The first-order valence-electron chi connectivity index (χ1n) is 20.8. The first-order valence-corrected chi connectivity index (χ1v) is 19.1. The zero-order chi connectivity index (χ0) is 40.6. The normalized spacial score (nSPS) is 12.9. The Balaban J connectivity index is 1.11. The summed E-state index contributed by atoms with van der Waals surface area (Å²) in [6.07, 6.45) is 0. The van der Waals surface area contributed by atoms with E-state index in [4.69, 9.17) is 11.3 Å². The fraction of sp³-hybridized carbons (Fsp3) is 0. The number of nitrogens with zero attached hydrogens (tertiary/aromatic N) is 1. The Kier molecular flexibility index (Phi) is 6.27. The number of anilines is 3. The summed E-state index contributed by atoms with van der Waals surface area (Å²) in [5, 5.41) is 6.23. The molecule has 258 valence electrons. The molecular formula is C52H33NOS. The molecule has 0 fully saturated rings. The molecule has 9 aromatic carbocycles. The second-order valence-electron chi connectivity index (χ2n) is 13.6. The molecule has 2 nitrogen and oxygen atoms in total. The van der Waals surface area contributed by atoms with Crippen LogP contribution in [0, 0.1) is 0 Å². The van der Waals surface area contributed by atoms with E-state index in [2.05, 4.69) is 120 Å². The van der Waals surface area contributed by atoms with Gasteiger partial charge in [-0.15, -0.1) is 11.3 Å². The van der Waals surface area contributed by atoms with Crippen molar-refractivity contribution in [2.75, 3.05) is 4.90 Å². The number of thiophene rings is 1. The molecule has 0 saturated heterocycles. The van der Waals surface area contributed by atoms with Crippen LogP contribution in [0.5, 0.6) is 0 Å². The lowest BCUT2D eigenvalue weighted by molar-refractivity contribution is 0.669. The third-order valence-electron chi connectivity index (χ3n) is 10.6. The van der Waals surface area contributed by atoms with E-state index in [-0.39, 0.29) is 29.7 Å². The van der Waals surface area contributed by atoms with Crippen LogP contribution < -0.4 is 4.90 Å². The minimum atomic E-state index is -0.401. The highest BCUT2D eigenvalue weighted by atomic mass is 32.1. The largest absolute Gasteiger partial charge is 0.456 e. The molecule has 0 aliphatic heterocycles. The lowest BCUT2D eigenvalue weighted by Crippen LogP contribution is -2.10. The van der Waals surface area contributed by atoms with E-state index in [9.17, 15) is 0 Å². The fourth-order valence-electron chi connectivity index (χ4n) is 8.12. The summed E-state index contributed by atoms with van der Waals surface area (Å²) in [7, 11) is 0. The van der Waals surface area contributed by atoms with Gasteiger partial charge in [-0.25, -0.2) is 0 Å². The lowest BCUT2D eigenvalue weighted by Gasteiger charge is -2.27. The summed E-state index contributed by atoms with van der Waals surface area (Å²) >= 11 is 1.82. The minimum absolute atomic E-state index is 0.196. The van der Waals surface area contributed by atoms with Crippen LogP contribution in [0.1, 0.15) is 6.85 Å². The summed E-state index contributed by atoms with van der Waals surface area (Å²) in [5.74, 6) is 0. The van der Waals surface area contributed by atoms with E-state index in [0.717, 1.165) is 60.9 Å². The number of hydrogen-bond donors (Lipinski definition) is 0. The molecule has 0 aliphatic carbocycles. The van der Waals surface area contributed by atoms with Gasteiger partial charge in [-0.1, -0.05) is 164 Å². The van der Waals surface area contributed by atoms with Gasteiger partial charge in [0.25, 0.3) is 0 Å². The Morgan fingerprint density at radius 1 is 0.400 bits per heavy atom. The maximum absolute atomic E-state index is 8.71. The smallest absolute Gasteiger partial charge is 0.137 e. The number of benzene rings is 9. The average Bonchev–Trinajstić information content (AvgIpc) is 3.88. The van der Waals surface area contributed by atoms with Gasteiger partial charge in [-0.2, -0.15) is 0 Å². The van der Waals surface area contributed by atoms with E-state index in [0.29, 0.717) is 5.56 Å². The van der Waals surface area contributed by atoms with Crippen LogP contribution in [0.2, 0.25) is 0 Å². The van der Waals surface area contributed by atoms with Crippen molar-refractivity contribution in [2.45, 2.75) is 0 Å². The Hall–Kier alpha value is -6.94. The highest BCUT2D eigenvalue weighted by molar-refractivity contribution is 7.27. The second-order valence-corrected chi connectivity index (χ2v) is 14.7. The predicted octanol–water partition coefficient (Wildman–Crippen LogP) is 15.6. The van der Waals surface area contributed by atoms with Gasteiger partial charge in [-0.3, -0.25) is 0 Å². The van der Waals surface area contributed by atoms with Gasteiger partial charge >= 0.3 is 0 Å². The van der Waals surface area contributed by atoms with Crippen LogP contribution in [0.3, 0.4) is 0 Å². The van der Waals surface area contributed by atoms with E-state index in [1.165, 1.54) is 31.3 Å². The summed E-state index contributed by atoms with van der Waals surface area (Å²) in [6.45, 7) is 0. The topological polar surface area (TPSA) is 16.4 Å². The molecule has 2 aromatic heterocycles. The molecule has 0 unspecified atom stereocenters. The van der Waals surface area contributed by atoms with Crippen LogP contribution in [-0.4, -0.2) is 0 Å². The van der Waals surface area contributed by atoms with Gasteiger partial charge in [0.15, 0.2) is 0 Å². The molecule has 11 rings (SSSR count). The lowest BCUT2D eigenvalue weighted by atomic mass is 9.92. The summed E-state index contributed by atoms with van der Waals surface area (Å²) in [5.41, 5.74) is 9.85. The molecule has 3 heteroatoms. The fourth-order valence-corrected chi connectivity index (χ4v) is 9.46. The summed E-state index contributed by atoms with van der Waals surface area (Å²) < 4.78 is 51.0. The number of rotatable bonds is 6. The monoisotopic (exact) mass is 724 g/mol. The highest BCUT2D eigenvalue weighted by Gasteiger charge is 2.23. The molecule has 0 atom stereocenters. The van der Waals surface area contributed by atoms with Crippen molar-refractivity contribution in [1.29, 1.82) is 0 Å². The van der Waals surface area contributed by atoms with Crippen LogP contribution in [0.25, 0.3) is 86.3 Å². The number of hydrogen-bond acceptors (Lipinski definition) is 3. The van der Waals surface area contributed by atoms with Crippen molar-refractivity contribution in [3.05, 3.63) is 200 Å². The van der Waals surface area contributed by atoms with Gasteiger partial charge in [0.1, 0.15) is 11.2 Å². The molecule has 0 aliphatic rings. The van der Waals surface area contributed by atoms with E-state index in [1.807, 2.05) is 65.9 Å². The van der Waals surface area contributed by atoms with Gasteiger partial charge < -0.3 is 9.32 Å². The minimum Gasteiger partial charge on any atom is -0.456 e. The molecule has 0 saturated carbocycles. The van der Waals surface area contributed by atoms with Crippen LogP contribution in [0.4, 0.5) is 17.1 Å². The molecule has 55 heavy (non-hydrogen) atoms. The van der Waals surface area contributed by atoms with Crippen molar-refractivity contribution in [3.8, 4) is 33.4 Å². The molecular weight excluding hydrogens is 687 g/mol. The average molecular weight is 725 g/mol. The molecule has 2 heterocycles. The Labute approximate surface area is 329 Å². The third-order valence-corrected chi connectivity index (χ3v) is 11.9. The quantitative estimate of drug-likeness (QED) is 0.170. The summed E-state index contributed by atoms with van der Waals surface area (Å²) in [6, 6.07) is 57.0. The van der Waals surface area contributed by atoms with Crippen molar-refractivity contribution in [3.63, 3.8) is 0 Å². The predicted molar refractivity (Wildman–Crippen MR) is 235 cm³/mol. The zero-order valence-electron chi connectivity index (χ0n) is 34.4. The van der Waals surface area contributed by atoms with Crippen LogP contribution >= 0.6 is 11.3 Å². The maximum Gasteiger partial charge on any atom is 0.137 e. The number of fused-ring (bicyclic) bond motifs is 7. The zero-order valence-corrected chi connectivity index (χ0v) is 30.2. The molecule has 0 N–H and O–H groups in total. The molecule has 0 bridgehead atoms. The number of furan rings is 1. The highest BCUT2D eigenvalue weighted by Crippen LogP contribution is 2.49. The Morgan fingerprint density at radius 2 is 0.982 bits per heavy atom. The van der Waals surface area contributed by atoms with Crippen molar-refractivity contribution in [2.24, 2.45) is 0 Å². The Morgan fingerprint density at radius 3 is 1.76 bits per heavy atom. The van der Waals surface area contributed by atoms with Crippen molar-refractivity contribution in [1.82, 2.24) is 0 Å². The van der Waals surface area contributed by atoms with E-state index < -0.39 is 6.04 Å². The Bertz CT molecular complexity index is 3470. The van der Waals surface area contributed by atoms with Crippen LogP contribution in [-0.2, 0) is 0 Å². The summed E-state index contributed by atoms with van der Waals surface area (Å²) in [4.78, 5) is 2.35. The van der Waals surface area contributed by atoms with Gasteiger partial charge in [-0.05, 0) is 80.6 Å². The standard InChI is InChI=1S/C52H33NOS/c1-3-14-34(15-4-1)38-32-33-39(42-19-8-7-18-41(38)42)36-28-30-37(31-29-36)53(46-24-13-27-49-50(46)45-20-9-10-26-48(45)54-49)47-25-12-23-44-43-22-11-21-40(51(43)55-52(44)47)35-16-5-2-6-17-35/h1-33H/i1D,3D,4D,14D,15D. The van der Waals surface area contributed by atoms with Crippen molar-refractivity contribution >= 4 is 81.3 Å².